The number of nitrogens with zero attached hydrogens (tertiary/aromatic N) is 3. The van der Waals surface area contributed by atoms with E-state index in [1.807, 2.05) is 6.92 Å². The van der Waals surface area contributed by atoms with Crippen molar-refractivity contribution >= 4 is 11.9 Å². The standard InChI is InChI=1S/C13H22N6O2/c1-2-4-10-16-11(18-17-10)12(20)19-6-3-5-9(8-19)7-15-13(14)21/h9H,2-8H2,1H3,(H3,14,15,21)(H,16,17,18). The molecule has 4 N–H and O–H groups in total. The second kappa shape index (κ2) is 7.05. The minimum absolute atomic E-state index is 0.155. The third-order valence-electron chi connectivity index (χ3n) is 3.58. The average Bonchev–Trinajstić information content (AvgIpc) is 2.94. The van der Waals surface area contributed by atoms with E-state index in [0.717, 1.165) is 31.5 Å². The Morgan fingerprint density at radius 2 is 2.33 bits per heavy atom. The highest BCUT2D eigenvalue weighted by Gasteiger charge is 2.26. The molecule has 0 saturated carbocycles. The maximum atomic E-state index is 12.4. The lowest BCUT2D eigenvalue weighted by Crippen LogP contribution is -2.44. The first-order valence-electron chi connectivity index (χ1n) is 7.34. The lowest BCUT2D eigenvalue weighted by atomic mass is 9.98. The number of nitrogens with one attached hydrogen (secondary N) is 2. The number of amides is 3. The zero-order valence-electron chi connectivity index (χ0n) is 12.3. The maximum Gasteiger partial charge on any atom is 0.312 e. The number of primary amides is 1. The SMILES string of the molecule is CCCc1nc(C(=O)N2CCCC(CNC(N)=O)C2)n[nH]1. The van der Waals surface area contributed by atoms with E-state index in [0.29, 0.717) is 19.6 Å². The van der Waals surface area contributed by atoms with Crippen LogP contribution >= 0.6 is 0 Å². The van der Waals surface area contributed by atoms with Crippen molar-refractivity contribution in [1.29, 1.82) is 0 Å². The summed E-state index contributed by atoms with van der Waals surface area (Å²) >= 11 is 0. The highest BCUT2D eigenvalue weighted by atomic mass is 16.2. The molecule has 8 nitrogen and oxygen atoms in total. The van der Waals surface area contributed by atoms with Crippen molar-refractivity contribution in [1.82, 2.24) is 25.4 Å². The normalized spacial score (nSPS) is 18.5. The Morgan fingerprint density at radius 1 is 1.52 bits per heavy atom. The van der Waals surface area contributed by atoms with E-state index >= 15 is 0 Å². The summed E-state index contributed by atoms with van der Waals surface area (Å²) in [4.78, 5) is 29.1. The van der Waals surface area contributed by atoms with Crippen molar-refractivity contribution in [2.45, 2.75) is 32.6 Å². The number of nitrogens with two attached hydrogens (primary N) is 1. The third kappa shape index (κ3) is 4.17. The van der Waals surface area contributed by atoms with Crippen molar-refractivity contribution in [2.75, 3.05) is 19.6 Å². The molecule has 0 spiro atoms. The molecule has 1 aromatic rings. The number of aromatic amines is 1. The van der Waals surface area contributed by atoms with Gasteiger partial charge in [-0.1, -0.05) is 6.92 Å². The maximum absolute atomic E-state index is 12.4. The van der Waals surface area contributed by atoms with Crippen molar-refractivity contribution in [2.24, 2.45) is 11.7 Å². The van der Waals surface area contributed by atoms with Crippen LogP contribution in [0.1, 0.15) is 42.6 Å². The molecule has 1 aliphatic heterocycles. The lowest BCUT2D eigenvalue weighted by molar-refractivity contribution is 0.0663. The highest BCUT2D eigenvalue weighted by molar-refractivity contribution is 5.90. The summed E-state index contributed by atoms with van der Waals surface area (Å²) in [5.74, 6) is 1.04. The monoisotopic (exact) mass is 294 g/mol. The average molecular weight is 294 g/mol. The van der Waals surface area contributed by atoms with Gasteiger partial charge in [-0.3, -0.25) is 9.89 Å². The molecule has 1 fully saturated rings. The Morgan fingerprint density at radius 3 is 3.05 bits per heavy atom. The van der Waals surface area contributed by atoms with Crippen LogP contribution in [0.15, 0.2) is 0 Å². The first-order valence-corrected chi connectivity index (χ1v) is 7.34. The molecule has 0 aromatic carbocycles. The molecule has 1 unspecified atom stereocenters. The number of aryl methyl sites for hydroxylation is 1. The number of H-pyrrole nitrogens is 1. The van der Waals surface area contributed by atoms with Gasteiger partial charge in [0, 0.05) is 26.1 Å². The highest BCUT2D eigenvalue weighted by Crippen LogP contribution is 2.17. The Labute approximate surface area is 123 Å². The van der Waals surface area contributed by atoms with Gasteiger partial charge < -0.3 is 16.0 Å². The minimum Gasteiger partial charge on any atom is -0.352 e. The molecule has 2 heterocycles. The summed E-state index contributed by atoms with van der Waals surface area (Å²) in [5, 5.41) is 9.39. The topological polar surface area (TPSA) is 117 Å². The Hall–Kier alpha value is -2.12. The Balaban J connectivity index is 1.93. The van der Waals surface area contributed by atoms with E-state index in [1.165, 1.54) is 0 Å². The molecule has 1 saturated heterocycles. The van der Waals surface area contributed by atoms with Crippen LogP contribution in [0.3, 0.4) is 0 Å². The Bertz CT molecular complexity index is 501. The van der Waals surface area contributed by atoms with Crippen LogP contribution in [-0.4, -0.2) is 51.7 Å². The third-order valence-corrected chi connectivity index (χ3v) is 3.58. The number of hydrogen-bond acceptors (Lipinski definition) is 4. The summed E-state index contributed by atoms with van der Waals surface area (Å²) in [6.07, 6.45) is 3.61. The van der Waals surface area contributed by atoms with Gasteiger partial charge in [-0.15, -0.1) is 5.10 Å². The Kier molecular flexibility index (Phi) is 5.13. The number of urea groups is 1. The van der Waals surface area contributed by atoms with Gasteiger partial charge in [-0.05, 0) is 25.2 Å². The second-order valence-electron chi connectivity index (χ2n) is 5.36. The number of carbonyl (C=O) groups is 2. The zero-order valence-corrected chi connectivity index (χ0v) is 12.3. The van der Waals surface area contributed by atoms with Crippen molar-refractivity contribution in [3.63, 3.8) is 0 Å². The van der Waals surface area contributed by atoms with Gasteiger partial charge in [-0.2, -0.15) is 0 Å². The summed E-state index contributed by atoms with van der Waals surface area (Å²) in [6.45, 7) is 3.83. The largest absolute Gasteiger partial charge is 0.352 e. The van der Waals surface area contributed by atoms with Gasteiger partial charge in [0.25, 0.3) is 5.91 Å². The van der Waals surface area contributed by atoms with Crippen molar-refractivity contribution in [3.8, 4) is 0 Å². The molecule has 116 valence electrons. The molecular formula is C13H22N6O2. The number of aromatic nitrogens is 3. The molecule has 1 aromatic heterocycles. The van der Waals surface area contributed by atoms with Crippen LogP contribution in [0.5, 0.6) is 0 Å². The van der Waals surface area contributed by atoms with Crippen LogP contribution in [0, 0.1) is 5.92 Å². The van der Waals surface area contributed by atoms with E-state index in [-0.39, 0.29) is 17.6 Å². The minimum atomic E-state index is -0.531. The molecule has 8 heteroatoms. The van der Waals surface area contributed by atoms with Gasteiger partial charge in [0.15, 0.2) is 0 Å². The van der Waals surface area contributed by atoms with E-state index in [2.05, 4.69) is 20.5 Å². The van der Waals surface area contributed by atoms with E-state index in [4.69, 9.17) is 5.73 Å². The smallest absolute Gasteiger partial charge is 0.312 e. The first kappa shape index (κ1) is 15.3. The fourth-order valence-corrected chi connectivity index (χ4v) is 2.54. The number of rotatable bonds is 5. The fourth-order valence-electron chi connectivity index (χ4n) is 2.54. The quantitative estimate of drug-likeness (QED) is 0.723. The molecule has 1 atom stereocenters. The van der Waals surface area contributed by atoms with E-state index in [1.54, 1.807) is 4.90 Å². The van der Waals surface area contributed by atoms with Crippen LogP contribution in [0.2, 0.25) is 0 Å². The van der Waals surface area contributed by atoms with E-state index < -0.39 is 6.03 Å². The second-order valence-corrected chi connectivity index (χ2v) is 5.36. The van der Waals surface area contributed by atoms with Gasteiger partial charge in [0.1, 0.15) is 5.82 Å². The molecule has 1 aliphatic rings. The lowest BCUT2D eigenvalue weighted by Gasteiger charge is -2.32. The van der Waals surface area contributed by atoms with Crippen LogP contribution in [-0.2, 0) is 6.42 Å². The van der Waals surface area contributed by atoms with Gasteiger partial charge in [0.2, 0.25) is 5.82 Å². The van der Waals surface area contributed by atoms with Crippen molar-refractivity contribution < 1.29 is 9.59 Å². The predicted molar refractivity (Wildman–Crippen MR) is 76.6 cm³/mol. The molecule has 0 bridgehead atoms. The van der Waals surface area contributed by atoms with Gasteiger partial charge >= 0.3 is 6.03 Å². The number of hydrogen-bond donors (Lipinski definition) is 3. The van der Waals surface area contributed by atoms with Crippen LogP contribution in [0.4, 0.5) is 4.79 Å². The fraction of sp³-hybridized carbons (Fsp3) is 0.692. The number of carbonyl (C=O) groups excluding carboxylic acids is 2. The molecule has 0 radical (unpaired) electrons. The van der Waals surface area contributed by atoms with Gasteiger partial charge in [0.05, 0.1) is 0 Å². The molecule has 3 amide bonds. The molecule has 0 aliphatic carbocycles. The number of likely N-dealkylation sites (tertiary alicyclic amines) is 1. The number of piperidine rings is 1. The summed E-state index contributed by atoms with van der Waals surface area (Å²) in [6, 6.07) is -0.531. The predicted octanol–water partition coefficient (Wildman–Crippen LogP) is 0.278. The molecule has 2 rings (SSSR count). The first-order chi connectivity index (χ1) is 10.1. The van der Waals surface area contributed by atoms with Crippen LogP contribution in [0.25, 0.3) is 0 Å². The van der Waals surface area contributed by atoms with Gasteiger partial charge in [-0.25, -0.2) is 9.78 Å². The summed E-state index contributed by atoms with van der Waals surface area (Å²) < 4.78 is 0. The van der Waals surface area contributed by atoms with E-state index in [9.17, 15) is 9.59 Å². The molecular weight excluding hydrogens is 272 g/mol. The summed E-state index contributed by atoms with van der Waals surface area (Å²) in [7, 11) is 0. The van der Waals surface area contributed by atoms with Crippen molar-refractivity contribution in [3.05, 3.63) is 11.6 Å². The zero-order chi connectivity index (χ0) is 15.2. The molecule has 21 heavy (non-hydrogen) atoms. The summed E-state index contributed by atoms with van der Waals surface area (Å²) in [5.41, 5.74) is 5.07. The van der Waals surface area contributed by atoms with Crippen LogP contribution < -0.4 is 11.1 Å².